The van der Waals surface area contributed by atoms with E-state index in [1.807, 2.05) is 11.8 Å². The fourth-order valence-electron chi connectivity index (χ4n) is 9.37. The summed E-state index contributed by atoms with van der Waals surface area (Å²) in [7, 11) is 0. The van der Waals surface area contributed by atoms with E-state index < -0.39 is 0 Å². The van der Waals surface area contributed by atoms with Gasteiger partial charge in [-0.2, -0.15) is 0 Å². The lowest BCUT2D eigenvalue weighted by Gasteiger charge is -2.46. The Morgan fingerprint density at radius 3 is 2.12 bits per heavy atom. The molecule has 50 heavy (non-hydrogen) atoms. The largest absolute Gasteiger partial charge is 0.314 e. The summed E-state index contributed by atoms with van der Waals surface area (Å²) in [5.74, 6) is 0. The zero-order valence-electron chi connectivity index (χ0n) is 28.7. The fraction of sp³-hybridized carbons (Fsp3) is 0.174. The second kappa shape index (κ2) is 11.6. The van der Waals surface area contributed by atoms with Gasteiger partial charge in [-0.15, -0.1) is 0 Å². The standard InChI is InChI=1S/C46H39BN2S/c1-46(2)36-22-14-25-41-44(36)47(38-29-28-33(30-37(38)46)50-32-18-8-4-9-19-32)45-42(48(41)31-16-6-3-7-17-31)26-15-27-43(45)49-39-23-11-5-10-20-34(39)35-21-12-13-24-40(35)49/h3-4,6-9,12-19,21-22,24-30H,5,10-11,20,23H2,1-2H3. The van der Waals surface area contributed by atoms with Crippen molar-refractivity contribution in [3.05, 3.63) is 162 Å². The quantitative estimate of drug-likeness (QED) is 0.137. The molecule has 0 fully saturated rings. The van der Waals surface area contributed by atoms with Crippen molar-refractivity contribution in [2.75, 3.05) is 4.90 Å². The second-order valence-corrected chi connectivity index (χ2v) is 15.8. The highest BCUT2D eigenvalue weighted by atomic mass is 32.2. The van der Waals surface area contributed by atoms with Crippen molar-refractivity contribution in [2.45, 2.75) is 61.2 Å². The third kappa shape index (κ3) is 4.44. The van der Waals surface area contributed by atoms with Crippen molar-refractivity contribution in [2.24, 2.45) is 0 Å². The number of benzene rings is 6. The molecule has 1 aliphatic carbocycles. The van der Waals surface area contributed by atoms with E-state index in [9.17, 15) is 0 Å². The Morgan fingerprint density at radius 1 is 0.580 bits per heavy atom. The highest BCUT2D eigenvalue weighted by Gasteiger charge is 2.47. The van der Waals surface area contributed by atoms with Gasteiger partial charge in [-0.1, -0.05) is 116 Å². The minimum Gasteiger partial charge on any atom is -0.314 e. The number of para-hydroxylation sites is 2. The summed E-state index contributed by atoms with van der Waals surface area (Å²) in [6, 6.07) is 52.4. The summed E-state index contributed by atoms with van der Waals surface area (Å²) in [5, 5.41) is 1.42. The van der Waals surface area contributed by atoms with Crippen molar-refractivity contribution >= 4 is 62.8 Å². The summed E-state index contributed by atoms with van der Waals surface area (Å²) in [4.78, 5) is 5.10. The van der Waals surface area contributed by atoms with Crippen LogP contribution >= 0.6 is 11.8 Å². The lowest BCUT2D eigenvalue weighted by Crippen LogP contribution is -2.64. The van der Waals surface area contributed by atoms with Crippen LogP contribution < -0.4 is 21.3 Å². The molecule has 0 radical (unpaired) electrons. The van der Waals surface area contributed by atoms with Gasteiger partial charge in [0, 0.05) is 49.0 Å². The maximum Gasteiger partial charge on any atom is 0.250 e. The van der Waals surface area contributed by atoms with E-state index in [1.165, 1.54) is 95.9 Å². The lowest BCUT2D eigenvalue weighted by molar-refractivity contribution is 0.644. The molecule has 0 N–H and O–H groups in total. The van der Waals surface area contributed by atoms with Gasteiger partial charge in [-0.05, 0) is 114 Å². The topological polar surface area (TPSA) is 8.17 Å². The predicted molar refractivity (Wildman–Crippen MR) is 213 cm³/mol. The van der Waals surface area contributed by atoms with Crippen molar-refractivity contribution in [1.29, 1.82) is 0 Å². The molecule has 0 bridgehead atoms. The molecule has 0 amide bonds. The molecular weight excluding hydrogens is 623 g/mol. The minimum atomic E-state index is -0.170. The second-order valence-electron chi connectivity index (χ2n) is 14.7. The van der Waals surface area contributed by atoms with E-state index in [4.69, 9.17) is 0 Å². The van der Waals surface area contributed by atoms with Crippen LogP contribution in [0.25, 0.3) is 16.6 Å². The predicted octanol–water partition coefficient (Wildman–Crippen LogP) is 9.99. The van der Waals surface area contributed by atoms with E-state index in [0.717, 1.165) is 12.8 Å². The minimum absolute atomic E-state index is 0.105. The van der Waals surface area contributed by atoms with Crippen LogP contribution in [0.5, 0.6) is 0 Å². The fourth-order valence-corrected chi connectivity index (χ4v) is 10.3. The first-order chi connectivity index (χ1) is 24.6. The molecule has 3 heterocycles. The number of rotatable bonds is 4. The van der Waals surface area contributed by atoms with Crippen LogP contribution in [-0.4, -0.2) is 11.3 Å². The van der Waals surface area contributed by atoms with Gasteiger partial charge in [-0.3, -0.25) is 0 Å². The Hall–Kier alpha value is -4.93. The molecule has 0 saturated heterocycles. The Balaban J connectivity index is 1.29. The summed E-state index contributed by atoms with van der Waals surface area (Å²) in [6.45, 7) is 4.97. The number of hydrogen-bond acceptors (Lipinski definition) is 2. The van der Waals surface area contributed by atoms with E-state index in [2.05, 4.69) is 163 Å². The third-order valence-corrected chi connectivity index (χ3v) is 12.5. The summed E-state index contributed by atoms with van der Waals surface area (Å²) in [6.07, 6.45) is 6.07. The molecule has 2 nitrogen and oxygen atoms in total. The van der Waals surface area contributed by atoms with Gasteiger partial charge >= 0.3 is 0 Å². The Morgan fingerprint density at radius 2 is 1.28 bits per heavy atom. The van der Waals surface area contributed by atoms with Crippen LogP contribution in [0.2, 0.25) is 0 Å². The lowest BCUT2D eigenvalue weighted by atomic mass is 9.30. The summed E-state index contributed by atoms with van der Waals surface area (Å²) >= 11 is 1.86. The van der Waals surface area contributed by atoms with Crippen LogP contribution in [-0.2, 0) is 18.3 Å². The maximum atomic E-state index is 2.67. The van der Waals surface area contributed by atoms with E-state index in [1.54, 1.807) is 5.56 Å². The highest BCUT2D eigenvalue weighted by Crippen LogP contribution is 2.45. The molecular formula is C46H39BN2S. The molecule has 0 saturated carbocycles. The van der Waals surface area contributed by atoms with Gasteiger partial charge in [0.15, 0.2) is 0 Å². The maximum absolute atomic E-state index is 2.67. The molecule has 1 aromatic heterocycles. The summed E-state index contributed by atoms with van der Waals surface area (Å²) < 4.78 is 2.67. The number of aryl methyl sites for hydroxylation is 1. The molecule has 2 aliphatic heterocycles. The van der Waals surface area contributed by atoms with Crippen molar-refractivity contribution in [1.82, 2.24) is 4.57 Å². The van der Waals surface area contributed by atoms with Crippen LogP contribution in [0.15, 0.2) is 149 Å². The smallest absolute Gasteiger partial charge is 0.250 e. The first kappa shape index (κ1) is 29.9. The molecule has 4 heteroatoms. The Labute approximate surface area is 299 Å². The SMILES string of the molecule is CC1(C)c2cc(Sc3ccccc3)ccc2B2c3c(cccc3-n3c4c(c5ccccc53)CCCCC4)N(c3ccccc3)c3cccc1c32. The molecule has 10 rings (SSSR count). The van der Waals surface area contributed by atoms with Gasteiger partial charge in [0.2, 0.25) is 6.71 Å². The molecule has 3 aliphatic rings. The van der Waals surface area contributed by atoms with Crippen LogP contribution in [0.4, 0.5) is 17.1 Å². The number of anilines is 3. The average Bonchev–Trinajstić information content (AvgIpc) is 3.27. The first-order valence-corrected chi connectivity index (χ1v) is 19.0. The highest BCUT2D eigenvalue weighted by molar-refractivity contribution is 7.99. The monoisotopic (exact) mass is 662 g/mol. The average molecular weight is 663 g/mol. The van der Waals surface area contributed by atoms with Crippen molar-refractivity contribution in [3.8, 4) is 5.69 Å². The summed E-state index contributed by atoms with van der Waals surface area (Å²) in [5.41, 5.74) is 16.5. The van der Waals surface area contributed by atoms with E-state index >= 15 is 0 Å². The zero-order valence-corrected chi connectivity index (χ0v) is 29.5. The molecule has 0 unspecified atom stereocenters. The normalized spacial score (nSPS) is 15.6. The van der Waals surface area contributed by atoms with Crippen molar-refractivity contribution < 1.29 is 0 Å². The van der Waals surface area contributed by atoms with Crippen LogP contribution in [0.1, 0.15) is 55.5 Å². The van der Waals surface area contributed by atoms with Gasteiger partial charge in [0.25, 0.3) is 0 Å². The number of hydrogen-bond donors (Lipinski definition) is 0. The Kier molecular flexibility index (Phi) is 6.93. The molecule has 0 atom stereocenters. The molecule has 6 aromatic carbocycles. The molecule has 0 spiro atoms. The Bertz CT molecular complexity index is 2420. The van der Waals surface area contributed by atoms with Gasteiger partial charge in [-0.25, -0.2) is 0 Å². The van der Waals surface area contributed by atoms with Crippen LogP contribution in [0.3, 0.4) is 0 Å². The number of aromatic nitrogens is 1. The van der Waals surface area contributed by atoms with Gasteiger partial charge in [0.1, 0.15) is 0 Å². The van der Waals surface area contributed by atoms with Gasteiger partial charge < -0.3 is 9.47 Å². The zero-order chi connectivity index (χ0) is 33.4. The number of nitrogens with zero attached hydrogens (tertiary/aromatic N) is 2. The third-order valence-electron chi connectivity index (χ3n) is 11.5. The van der Waals surface area contributed by atoms with Crippen molar-refractivity contribution in [3.63, 3.8) is 0 Å². The van der Waals surface area contributed by atoms with Crippen LogP contribution in [0, 0.1) is 0 Å². The first-order valence-electron chi connectivity index (χ1n) is 18.2. The van der Waals surface area contributed by atoms with E-state index in [-0.39, 0.29) is 12.1 Å². The molecule has 242 valence electrons. The van der Waals surface area contributed by atoms with Gasteiger partial charge in [0.05, 0.1) is 5.52 Å². The molecule has 7 aromatic rings. The number of fused-ring (bicyclic) bond motifs is 7. The van der Waals surface area contributed by atoms with E-state index in [0.29, 0.717) is 0 Å².